The van der Waals surface area contributed by atoms with E-state index >= 15 is 0 Å². The zero-order valence-corrected chi connectivity index (χ0v) is 12.7. The minimum absolute atomic E-state index is 0.192. The van der Waals surface area contributed by atoms with Crippen LogP contribution in [-0.2, 0) is 0 Å². The molecule has 3 rings (SSSR count). The number of amides is 1. The van der Waals surface area contributed by atoms with Crippen molar-refractivity contribution in [3.8, 4) is 0 Å². The molecular weight excluding hydrogens is 304 g/mol. The zero-order valence-electron chi connectivity index (χ0n) is 11.2. The molecule has 2 atom stereocenters. The summed E-state index contributed by atoms with van der Waals surface area (Å²) >= 11 is 3.51. The van der Waals surface area contributed by atoms with Crippen LogP contribution in [0.4, 0.5) is 0 Å². The van der Waals surface area contributed by atoms with Crippen molar-refractivity contribution in [2.45, 2.75) is 25.8 Å². The summed E-state index contributed by atoms with van der Waals surface area (Å²) in [7, 11) is 0. The van der Waals surface area contributed by atoms with Gasteiger partial charge in [-0.15, -0.1) is 0 Å². The van der Waals surface area contributed by atoms with Crippen LogP contribution >= 0.6 is 15.9 Å². The van der Waals surface area contributed by atoms with E-state index in [0.717, 1.165) is 41.7 Å². The second-order valence-electron chi connectivity index (χ2n) is 5.54. The van der Waals surface area contributed by atoms with Gasteiger partial charge in [0, 0.05) is 35.7 Å². The summed E-state index contributed by atoms with van der Waals surface area (Å²) in [5.74, 6) is 0.836. The molecule has 2 saturated heterocycles. The number of benzene rings is 1. The van der Waals surface area contributed by atoms with Gasteiger partial charge in [-0.3, -0.25) is 4.79 Å². The molecule has 1 amide bonds. The van der Waals surface area contributed by atoms with Crippen molar-refractivity contribution >= 4 is 21.8 Å². The largest absolute Gasteiger partial charge is 0.334 e. The quantitative estimate of drug-likeness (QED) is 0.862. The van der Waals surface area contributed by atoms with Crippen molar-refractivity contribution in [3.05, 3.63) is 33.8 Å². The average Bonchev–Trinajstić information content (AvgIpc) is 2.89. The number of nitrogens with zero attached hydrogens (tertiary/aromatic N) is 1. The Bertz CT molecular complexity index is 503. The van der Waals surface area contributed by atoms with Gasteiger partial charge in [-0.05, 0) is 43.4 Å². The van der Waals surface area contributed by atoms with E-state index in [4.69, 9.17) is 0 Å². The van der Waals surface area contributed by atoms with Crippen molar-refractivity contribution in [1.29, 1.82) is 0 Å². The molecule has 0 spiro atoms. The second kappa shape index (κ2) is 5.25. The van der Waals surface area contributed by atoms with Crippen molar-refractivity contribution in [2.75, 3.05) is 19.6 Å². The molecule has 2 aliphatic rings. The highest BCUT2D eigenvalue weighted by molar-refractivity contribution is 9.10. The monoisotopic (exact) mass is 322 g/mol. The number of fused-ring (bicyclic) bond motifs is 1. The molecule has 1 N–H and O–H groups in total. The lowest BCUT2D eigenvalue weighted by molar-refractivity contribution is 0.0574. The molecule has 2 aliphatic heterocycles. The molecule has 1 aromatic rings. The molecule has 0 aliphatic carbocycles. The first-order valence-corrected chi connectivity index (χ1v) is 7.74. The molecule has 3 nitrogen and oxygen atoms in total. The lowest BCUT2D eigenvalue weighted by Gasteiger charge is -2.37. The van der Waals surface area contributed by atoms with E-state index in [1.165, 1.54) is 6.42 Å². The fourth-order valence-electron chi connectivity index (χ4n) is 3.31. The second-order valence-corrected chi connectivity index (χ2v) is 6.39. The van der Waals surface area contributed by atoms with Gasteiger partial charge < -0.3 is 10.2 Å². The summed E-state index contributed by atoms with van der Waals surface area (Å²) in [6.45, 7) is 4.91. The lowest BCUT2D eigenvalue weighted by Crippen LogP contribution is -2.48. The summed E-state index contributed by atoms with van der Waals surface area (Å²) in [6, 6.07) is 6.26. The maximum atomic E-state index is 12.8. The van der Waals surface area contributed by atoms with Gasteiger partial charge in [-0.25, -0.2) is 0 Å². The van der Waals surface area contributed by atoms with Crippen molar-refractivity contribution in [1.82, 2.24) is 10.2 Å². The molecule has 0 radical (unpaired) electrons. The SMILES string of the molecule is Cc1c(Br)cccc1C(=O)N1CCCC2CNCC21. The molecule has 2 fully saturated rings. The van der Waals surface area contributed by atoms with E-state index in [1.807, 2.05) is 25.1 Å². The fourth-order valence-corrected chi connectivity index (χ4v) is 3.68. The number of nitrogens with one attached hydrogen (secondary N) is 1. The van der Waals surface area contributed by atoms with E-state index in [2.05, 4.69) is 26.1 Å². The third kappa shape index (κ3) is 2.32. The number of rotatable bonds is 1. The summed E-state index contributed by atoms with van der Waals surface area (Å²) < 4.78 is 1.01. The summed E-state index contributed by atoms with van der Waals surface area (Å²) in [5.41, 5.74) is 1.88. The Morgan fingerprint density at radius 2 is 2.26 bits per heavy atom. The summed E-state index contributed by atoms with van der Waals surface area (Å²) in [6.07, 6.45) is 2.38. The van der Waals surface area contributed by atoms with Gasteiger partial charge in [-0.2, -0.15) is 0 Å². The van der Waals surface area contributed by atoms with Gasteiger partial charge in [0.25, 0.3) is 5.91 Å². The Morgan fingerprint density at radius 1 is 1.42 bits per heavy atom. The molecule has 4 heteroatoms. The number of carbonyl (C=O) groups is 1. The minimum atomic E-state index is 0.192. The molecule has 0 saturated carbocycles. The van der Waals surface area contributed by atoms with Gasteiger partial charge in [0.1, 0.15) is 0 Å². The highest BCUT2D eigenvalue weighted by atomic mass is 79.9. The predicted molar refractivity (Wildman–Crippen MR) is 79.3 cm³/mol. The highest BCUT2D eigenvalue weighted by Gasteiger charge is 2.37. The summed E-state index contributed by atoms with van der Waals surface area (Å²) in [4.78, 5) is 14.9. The maximum absolute atomic E-state index is 12.8. The average molecular weight is 323 g/mol. The number of hydrogen-bond donors (Lipinski definition) is 1. The van der Waals surface area contributed by atoms with Gasteiger partial charge in [0.2, 0.25) is 0 Å². The van der Waals surface area contributed by atoms with Crippen LogP contribution in [0, 0.1) is 12.8 Å². The number of likely N-dealkylation sites (tertiary alicyclic amines) is 1. The molecular formula is C15H19BrN2O. The van der Waals surface area contributed by atoms with Crippen molar-refractivity contribution in [3.63, 3.8) is 0 Å². The number of halogens is 1. The van der Waals surface area contributed by atoms with Gasteiger partial charge >= 0.3 is 0 Å². The molecule has 0 bridgehead atoms. The van der Waals surface area contributed by atoms with Gasteiger partial charge in [0.15, 0.2) is 0 Å². The van der Waals surface area contributed by atoms with E-state index in [0.29, 0.717) is 12.0 Å². The number of piperidine rings is 1. The molecule has 2 unspecified atom stereocenters. The van der Waals surface area contributed by atoms with Crippen LogP contribution in [0.1, 0.15) is 28.8 Å². The Labute approximate surface area is 122 Å². The van der Waals surface area contributed by atoms with Crippen LogP contribution in [0.2, 0.25) is 0 Å². The third-order valence-electron chi connectivity index (χ3n) is 4.44. The topological polar surface area (TPSA) is 32.3 Å². The third-order valence-corrected chi connectivity index (χ3v) is 5.30. The fraction of sp³-hybridized carbons (Fsp3) is 0.533. The first kappa shape index (κ1) is 13.1. The predicted octanol–water partition coefficient (Wildman–Crippen LogP) is 2.58. The van der Waals surface area contributed by atoms with E-state index < -0.39 is 0 Å². The Morgan fingerprint density at radius 3 is 3.11 bits per heavy atom. The maximum Gasteiger partial charge on any atom is 0.254 e. The lowest BCUT2D eigenvalue weighted by atomic mass is 9.91. The van der Waals surface area contributed by atoms with Crippen LogP contribution in [0.5, 0.6) is 0 Å². The van der Waals surface area contributed by atoms with Gasteiger partial charge in [-0.1, -0.05) is 22.0 Å². The van der Waals surface area contributed by atoms with Crippen LogP contribution in [0.25, 0.3) is 0 Å². The Balaban J connectivity index is 1.88. The normalized spacial score (nSPS) is 26.3. The van der Waals surface area contributed by atoms with Crippen molar-refractivity contribution in [2.24, 2.45) is 5.92 Å². The molecule has 2 heterocycles. The molecule has 19 heavy (non-hydrogen) atoms. The van der Waals surface area contributed by atoms with Gasteiger partial charge in [0.05, 0.1) is 0 Å². The first-order chi connectivity index (χ1) is 9.18. The standard InChI is InChI=1S/C15H19BrN2O/c1-10-12(5-2-6-13(10)16)15(19)18-7-3-4-11-8-17-9-14(11)18/h2,5-6,11,14,17H,3-4,7-9H2,1H3. The summed E-state index contributed by atoms with van der Waals surface area (Å²) in [5, 5.41) is 3.42. The van der Waals surface area contributed by atoms with E-state index in [9.17, 15) is 4.79 Å². The van der Waals surface area contributed by atoms with Crippen LogP contribution in [-0.4, -0.2) is 36.5 Å². The minimum Gasteiger partial charge on any atom is -0.334 e. The molecule has 1 aromatic carbocycles. The van der Waals surface area contributed by atoms with E-state index in [1.54, 1.807) is 0 Å². The smallest absolute Gasteiger partial charge is 0.254 e. The Hall–Kier alpha value is -0.870. The highest BCUT2D eigenvalue weighted by Crippen LogP contribution is 2.29. The zero-order chi connectivity index (χ0) is 13.4. The van der Waals surface area contributed by atoms with E-state index in [-0.39, 0.29) is 5.91 Å². The van der Waals surface area contributed by atoms with Crippen LogP contribution in [0.15, 0.2) is 22.7 Å². The first-order valence-electron chi connectivity index (χ1n) is 6.95. The van der Waals surface area contributed by atoms with Crippen molar-refractivity contribution < 1.29 is 4.79 Å². The number of carbonyl (C=O) groups excluding carboxylic acids is 1. The Kier molecular flexibility index (Phi) is 3.63. The van der Waals surface area contributed by atoms with Crippen LogP contribution < -0.4 is 5.32 Å². The van der Waals surface area contributed by atoms with Crippen LogP contribution in [0.3, 0.4) is 0 Å². The number of hydrogen-bond acceptors (Lipinski definition) is 2. The molecule has 102 valence electrons. The molecule has 0 aromatic heterocycles.